The predicted octanol–water partition coefficient (Wildman–Crippen LogP) is 0.729. The van der Waals surface area contributed by atoms with Crippen LogP contribution in [0.2, 0.25) is 0 Å². The highest BCUT2D eigenvalue weighted by Crippen LogP contribution is 2.28. The number of aliphatic hydroxyl groups is 2. The van der Waals surface area contributed by atoms with Gasteiger partial charge in [-0.15, -0.1) is 0 Å². The molecule has 0 bridgehead atoms. The molecule has 6 nitrogen and oxygen atoms in total. The van der Waals surface area contributed by atoms with Gasteiger partial charge in [0.1, 0.15) is 6.10 Å². The van der Waals surface area contributed by atoms with E-state index in [0.29, 0.717) is 0 Å². The molecule has 0 aromatic heterocycles. The molecule has 4 N–H and O–H groups in total. The van der Waals surface area contributed by atoms with Crippen molar-refractivity contribution in [1.82, 2.24) is 0 Å². The Morgan fingerprint density at radius 1 is 1.40 bits per heavy atom. The van der Waals surface area contributed by atoms with Gasteiger partial charge in [-0.25, -0.2) is 4.79 Å². The van der Waals surface area contributed by atoms with Gasteiger partial charge in [0.15, 0.2) is 5.12 Å². The minimum absolute atomic E-state index is 0.0401. The summed E-state index contributed by atoms with van der Waals surface area (Å²) in [4.78, 5) is 22.3. The second-order valence-corrected chi connectivity index (χ2v) is 5.31. The molecule has 0 spiro atoms. The Hall–Kier alpha value is -1.57. The number of methoxy groups -OCH3 is 1. The maximum absolute atomic E-state index is 11.5. The zero-order valence-corrected chi connectivity index (χ0v) is 12.0. The Labute approximate surface area is 120 Å². The monoisotopic (exact) mass is 299 g/mol. The van der Waals surface area contributed by atoms with Crippen LogP contribution < -0.4 is 5.73 Å². The molecule has 0 amide bonds. The van der Waals surface area contributed by atoms with Gasteiger partial charge in [0.05, 0.1) is 24.5 Å². The maximum Gasteiger partial charge on any atom is 0.339 e. The Morgan fingerprint density at radius 2 is 2.05 bits per heavy atom. The zero-order chi connectivity index (χ0) is 15.3. The number of nitrogens with two attached hydrogens (primary N) is 1. The van der Waals surface area contributed by atoms with E-state index in [4.69, 9.17) is 5.73 Å². The number of benzene rings is 1. The summed E-state index contributed by atoms with van der Waals surface area (Å²) in [5, 5.41) is 19.7. The largest absolute Gasteiger partial charge is 0.465 e. The average Bonchev–Trinajstić information content (AvgIpc) is 2.43. The molecule has 1 aromatic carbocycles. The molecular weight excluding hydrogens is 282 g/mol. The molecule has 1 aromatic rings. The third-order valence-corrected chi connectivity index (χ3v) is 3.60. The average molecular weight is 299 g/mol. The van der Waals surface area contributed by atoms with E-state index >= 15 is 0 Å². The van der Waals surface area contributed by atoms with E-state index in [1.54, 1.807) is 0 Å². The number of thioether (sulfide) groups is 1. The van der Waals surface area contributed by atoms with Crippen LogP contribution in [-0.2, 0) is 9.53 Å². The highest BCUT2D eigenvalue weighted by molar-refractivity contribution is 8.13. The lowest BCUT2D eigenvalue weighted by atomic mass is 10.00. The number of rotatable bonds is 5. The third-order valence-electron chi connectivity index (χ3n) is 2.69. The summed E-state index contributed by atoms with van der Waals surface area (Å²) in [5.41, 5.74) is 6.21. The number of aliphatic hydroxyl groups excluding tert-OH is 2. The third kappa shape index (κ3) is 3.96. The normalized spacial score (nSPS) is 13.6. The summed E-state index contributed by atoms with van der Waals surface area (Å²) in [6.07, 6.45) is -2.45. The van der Waals surface area contributed by atoms with Crippen molar-refractivity contribution in [2.45, 2.75) is 19.1 Å². The minimum atomic E-state index is -1.29. The zero-order valence-electron chi connectivity index (χ0n) is 11.2. The first-order chi connectivity index (χ1) is 9.38. The summed E-state index contributed by atoms with van der Waals surface area (Å²) in [6.45, 7) is 1.37. The Balaban J connectivity index is 2.95. The van der Waals surface area contributed by atoms with Crippen molar-refractivity contribution >= 4 is 28.5 Å². The lowest BCUT2D eigenvalue weighted by Gasteiger charge is -2.20. The van der Waals surface area contributed by atoms with Gasteiger partial charge in [0.2, 0.25) is 0 Å². The second kappa shape index (κ2) is 7.28. The fourth-order valence-electron chi connectivity index (χ4n) is 1.63. The number of ether oxygens (including phenoxy) is 1. The van der Waals surface area contributed by atoms with E-state index in [2.05, 4.69) is 4.74 Å². The standard InChI is InChI=1S/C13H17NO5S/c1-7(15)20-6-10(16)12(17)8-4-3-5-9(11(8)14)13(18)19-2/h3-5,10,12,16-17H,6,14H2,1-2H3. The summed E-state index contributed by atoms with van der Waals surface area (Å²) in [5.74, 6) is -0.581. The molecule has 1 rings (SSSR count). The van der Waals surface area contributed by atoms with Crippen molar-refractivity contribution in [3.63, 3.8) is 0 Å². The smallest absolute Gasteiger partial charge is 0.339 e. The van der Waals surface area contributed by atoms with Crippen LogP contribution in [0.25, 0.3) is 0 Å². The summed E-state index contributed by atoms with van der Waals surface area (Å²) in [7, 11) is 1.23. The van der Waals surface area contributed by atoms with E-state index in [1.807, 2.05) is 0 Å². The van der Waals surface area contributed by atoms with Crippen LogP contribution in [0.1, 0.15) is 28.9 Å². The van der Waals surface area contributed by atoms with E-state index in [-0.39, 0.29) is 27.7 Å². The first-order valence-corrected chi connectivity index (χ1v) is 6.83. The van der Waals surface area contributed by atoms with Crippen LogP contribution >= 0.6 is 11.8 Å². The van der Waals surface area contributed by atoms with E-state index in [9.17, 15) is 19.8 Å². The number of para-hydroxylation sites is 1. The highest BCUT2D eigenvalue weighted by atomic mass is 32.2. The molecule has 0 aliphatic heterocycles. The van der Waals surface area contributed by atoms with Crippen LogP contribution in [0.4, 0.5) is 5.69 Å². The van der Waals surface area contributed by atoms with Gasteiger partial charge in [-0.1, -0.05) is 23.9 Å². The van der Waals surface area contributed by atoms with Crippen molar-refractivity contribution in [2.24, 2.45) is 0 Å². The van der Waals surface area contributed by atoms with E-state index in [0.717, 1.165) is 11.8 Å². The molecule has 0 heterocycles. The fourth-order valence-corrected chi connectivity index (χ4v) is 2.22. The van der Waals surface area contributed by atoms with Gasteiger partial charge in [0.25, 0.3) is 0 Å². The van der Waals surface area contributed by atoms with E-state index in [1.165, 1.54) is 32.2 Å². The van der Waals surface area contributed by atoms with Crippen molar-refractivity contribution in [3.8, 4) is 0 Å². The molecular formula is C13H17NO5S. The van der Waals surface area contributed by atoms with Crippen LogP contribution in [-0.4, -0.2) is 40.3 Å². The van der Waals surface area contributed by atoms with Crippen LogP contribution in [0, 0.1) is 0 Å². The number of hydrogen-bond donors (Lipinski definition) is 3. The minimum Gasteiger partial charge on any atom is -0.465 e. The number of nitrogen functional groups attached to an aromatic ring is 1. The summed E-state index contributed by atoms with van der Waals surface area (Å²) < 4.78 is 4.58. The Bertz CT molecular complexity index is 506. The summed E-state index contributed by atoms with van der Waals surface area (Å²) in [6, 6.07) is 4.51. The van der Waals surface area contributed by atoms with Crippen molar-refractivity contribution in [1.29, 1.82) is 0 Å². The molecule has 0 saturated carbocycles. The Morgan fingerprint density at radius 3 is 2.60 bits per heavy atom. The van der Waals surface area contributed by atoms with Crippen LogP contribution in [0.15, 0.2) is 18.2 Å². The molecule has 0 aliphatic rings. The predicted molar refractivity (Wildman–Crippen MR) is 76.3 cm³/mol. The van der Waals surface area contributed by atoms with Crippen molar-refractivity contribution < 1.29 is 24.5 Å². The maximum atomic E-state index is 11.5. The fraction of sp³-hybridized carbons (Fsp3) is 0.385. The van der Waals surface area contributed by atoms with Gasteiger partial charge < -0.3 is 20.7 Å². The molecule has 7 heteroatoms. The molecule has 0 fully saturated rings. The second-order valence-electron chi connectivity index (χ2n) is 4.11. The van der Waals surface area contributed by atoms with Gasteiger partial charge in [-0.3, -0.25) is 4.79 Å². The topological polar surface area (TPSA) is 110 Å². The molecule has 110 valence electrons. The SMILES string of the molecule is COC(=O)c1cccc(C(O)C(O)CSC(C)=O)c1N. The quantitative estimate of drug-likeness (QED) is 0.543. The number of hydrogen-bond acceptors (Lipinski definition) is 7. The highest BCUT2D eigenvalue weighted by Gasteiger charge is 2.23. The molecule has 20 heavy (non-hydrogen) atoms. The van der Waals surface area contributed by atoms with Gasteiger partial charge >= 0.3 is 5.97 Å². The first kappa shape index (κ1) is 16.5. The molecule has 2 atom stereocenters. The number of carbonyl (C=O) groups is 2. The lowest BCUT2D eigenvalue weighted by Crippen LogP contribution is -2.23. The number of esters is 1. The summed E-state index contributed by atoms with van der Waals surface area (Å²) >= 11 is 0.902. The molecule has 0 radical (unpaired) electrons. The lowest BCUT2D eigenvalue weighted by molar-refractivity contribution is -0.109. The van der Waals surface area contributed by atoms with Gasteiger partial charge in [-0.05, 0) is 6.07 Å². The number of anilines is 1. The van der Waals surface area contributed by atoms with Crippen LogP contribution in [0.5, 0.6) is 0 Å². The molecule has 0 saturated heterocycles. The van der Waals surface area contributed by atoms with Crippen LogP contribution in [0.3, 0.4) is 0 Å². The van der Waals surface area contributed by atoms with Gasteiger partial charge in [0, 0.05) is 18.2 Å². The van der Waals surface area contributed by atoms with Crippen molar-refractivity contribution in [2.75, 3.05) is 18.6 Å². The molecule has 0 aliphatic carbocycles. The first-order valence-electron chi connectivity index (χ1n) is 5.84. The van der Waals surface area contributed by atoms with Gasteiger partial charge in [-0.2, -0.15) is 0 Å². The Kier molecular flexibility index (Phi) is 6.00. The van der Waals surface area contributed by atoms with Crippen molar-refractivity contribution in [3.05, 3.63) is 29.3 Å². The molecule has 2 unspecified atom stereocenters. The van der Waals surface area contributed by atoms with E-state index < -0.39 is 18.2 Å². The number of carbonyl (C=O) groups excluding carboxylic acids is 2.